The van der Waals surface area contributed by atoms with Gasteiger partial charge in [0.05, 0.1) is 6.20 Å². The number of H-pyrrole nitrogens is 1. The van der Waals surface area contributed by atoms with E-state index in [-0.39, 0.29) is 33.9 Å². The number of nitrogens with one attached hydrogen (secondary N) is 2. The number of imidazole rings is 1. The summed E-state index contributed by atoms with van der Waals surface area (Å²) in [7, 11) is 0. The Morgan fingerprint density at radius 3 is 2.75 bits per heavy atom. The second kappa shape index (κ2) is 5.05. The number of aromatic nitrogens is 2. The molecule has 0 bridgehead atoms. The first-order chi connectivity index (χ1) is 9.21. The molecule has 1 unspecified atom stereocenters. The highest BCUT2D eigenvalue weighted by molar-refractivity contribution is 6.32. The lowest BCUT2D eigenvalue weighted by molar-refractivity contribution is -0.515. The number of carbonyl (C=O) groups is 1. The molecule has 2 N–H and O–H groups in total. The van der Waals surface area contributed by atoms with Crippen molar-refractivity contribution in [3.8, 4) is 0 Å². The Kier molecular flexibility index (Phi) is 3.73. The number of nitrogens with zero attached hydrogens (tertiary/aromatic N) is 1. The third kappa shape index (κ3) is 2.63. The highest BCUT2D eigenvalue weighted by atomic mass is 35.5. The van der Waals surface area contributed by atoms with E-state index in [0.29, 0.717) is 0 Å². The van der Waals surface area contributed by atoms with Crippen LogP contribution in [-0.2, 0) is 0 Å². The quantitative estimate of drug-likeness (QED) is 0.823. The Morgan fingerprint density at radius 2 is 2.15 bits per heavy atom. The largest absolute Gasteiger partial charge is 0.352 e. The zero-order chi connectivity index (χ0) is 15.1. The Bertz CT molecular complexity index is 660. The molecule has 0 saturated carbocycles. The van der Waals surface area contributed by atoms with Gasteiger partial charge in [-0.15, -0.1) is 0 Å². The minimum atomic E-state index is -0.475. The van der Waals surface area contributed by atoms with Crippen LogP contribution < -0.4 is 9.72 Å². The molecule has 2 aromatic rings. The predicted molar refractivity (Wildman–Crippen MR) is 75.3 cm³/mol. The van der Waals surface area contributed by atoms with Gasteiger partial charge in [0.15, 0.2) is 5.82 Å². The molecule has 0 aromatic carbocycles. The molecular formula is C14H18ClFN3O+. The summed E-state index contributed by atoms with van der Waals surface area (Å²) < 4.78 is 15.1. The first kappa shape index (κ1) is 14.8. The van der Waals surface area contributed by atoms with Gasteiger partial charge in [0.1, 0.15) is 0 Å². The summed E-state index contributed by atoms with van der Waals surface area (Å²) >= 11 is 5.96. The molecule has 1 atom stereocenters. The number of aromatic amines is 1. The first-order valence-corrected chi connectivity index (χ1v) is 6.78. The molecule has 0 aliphatic rings. The third-order valence-corrected chi connectivity index (χ3v) is 3.76. The van der Waals surface area contributed by atoms with Crippen LogP contribution in [-0.4, -0.2) is 16.9 Å². The van der Waals surface area contributed by atoms with Gasteiger partial charge >= 0.3 is 11.7 Å². The van der Waals surface area contributed by atoms with Gasteiger partial charge in [0, 0.05) is 6.04 Å². The Morgan fingerprint density at radius 1 is 1.50 bits per heavy atom. The van der Waals surface area contributed by atoms with E-state index >= 15 is 0 Å². The molecule has 0 aliphatic carbocycles. The van der Waals surface area contributed by atoms with E-state index < -0.39 is 5.82 Å². The highest BCUT2D eigenvalue weighted by Crippen LogP contribution is 2.19. The summed E-state index contributed by atoms with van der Waals surface area (Å²) in [5, 5.41) is 3.00. The van der Waals surface area contributed by atoms with Crippen LogP contribution in [0.3, 0.4) is 0 Å². The van der Waals surface area contributed by atoms with Crippen molar-refractivity contribution in [2.45, 2.75) is 33.7 Å². The van der Waals surface area contributed by atoms with Gasteiger partial charge in [0.25, 0.3) is 0 Å². The summed E-state index contributed by atoms with van der Waals surface area (Å²) in [5.41, 5.74) is 0.0975. The van der Waals surface area contributed by atoms with Crippen LogP contribution in [0.25, 0.3) is 5.52 Å². The van der Waals surface area contributed by atoms with Crippen molar-refractivity contribution < 1.29 is 13.6 Å². The van der Waals surface area contributed by atoms with E-state index in [1.54, 1.807) is 6.20 Å². The summed E-state index contributed by atoms with van der Waals surface area (Å²) in [5.74, 6) is -0.586. The normalized spacial score (nSPS) is 13.5. The van der Waals surface area contributed by atoms with E-state index in [1.807, 2.05) is 27.7 Å². The molecule has 20 heavy (non-hydrogen) atoms. The lowest BCUT2D eigenvalue weighted by Gasteiger charge is -2.27. The van der Waals surface area contributed by atoms with E-state index in [1.165, 1.54) is 16.5 Å². The van der Waals surface area contributed by atoms with Crippen LogP contribution in [0.2, 0.25) is 5.15 Å². The molecule has 2 rings (SSSR count). The average molecular weight is 299 g/mol. The minimum absolute atomic E-state index is 0.0405. The monoisotopic (exact) mass is 298 g/mol. The number of hydrogen-bond donors (Lipinski definition) is 2. The van der Waals surface area contributed by atoms with Crippen molar-refractivity contribution >= 4 is 23.0 Å². The molecule has 108 valence electrons. The van der Waals surface area contributed by atoms with Crippen molar-refractivity contribution in [2.75, 3.05) is 0 Å². The third-order valence-electron chi connectivity index (χ3n) is 3.48. The lowest BCUT2D eigenvalue weighted by atomic mass is 9.88. The van der Waals surface area contributed by atoms with Crippen LogP contribution in [0.4, 0.5) is 4.39 Å². The van der Waals surface area contributed by atoms with Gasteiger partial charge in [-0.05, 0) is 36.1 Å². The summed E-state index contributed by atoms with van der Waals surface area (Å²) in [6.07, 6.45) is 1.59. The first-order valence-electron chi connectivity index (χ1n) is 6.40. The van der Waals surface area contributed by atoms with Gasteiger partial charge in [-0.2, -0.15) is 4.40 Å². The molecule has 0 aliphatic heterocycles. The van der Waals surface area contributed by atoms with Crippen molar-refractivity contribution in [1.82, 2.24) is 10.3 Å². The number of carbonyl (C=O) groups excluding carboxylic acids is 1. The van der Waals surface area contributed by atoms with Crippen molar-refractivity contribution in [2.24, 2.45) is 5.41 Å². The number of fused-ring (bicyclic) bond motifs is 1. The highest BCUT2D eigenvalue weighted by Gasteiger charge is 2.29. The number of pyridine rings is 1. The van der Waals surface area contributed by atoms with Gasteiger partial charge in [0.2, 0.25) is 10.7 Å². The van der Waals surface area contributed by atoms with E-state index in [2.05, 4.69) is 10.3 Å². The molecule has 4 nitrogen and oxygen atoms in total. The fourth-order valence-corrected chi connectivity index (χ4v) is 2.02. The summed E-state index contributed by atoms with van der Waals surface area (Å²) in [4.78, 5) is 15.0. The van der Waals surface area contributed by atoms with E-state index in [4.69, 9.17) is 11.6 Å². The molecule has 2 aromatic heterocycles. The fourth-order valence-electron chi connectivity index (χ4n) is 1.75. The maximum absolute atomic E-state index is 13.7. The molecule has 2 heterocycles. The Labute approximate surface area is 122 Å². The number of rotatable bonds is 2. The zero-order valence-electron chi connectivity index (χ0n) is 11.9. The average Bonchev–Trinajstić information content (AvgIpc) is 2.67. The van der Waals surface area contributed by atoms with Crippen molar-refractivity contribution in [3.05, 3.63) is 35.1 Å². The summed E-state index contributed by atoms with van der Waals surface area (Å²) in [6.45, 7) is 8.02. The molecule has 6 heteroatoms. The van der Waals surface area contributed by atoms with Crippen LogP contribution in [0.15, 0.2) is 18.3 Å². The second-order valence-electron chi connectivity index (χ2n) is 5.92. The molecule has 0 fully saturated rings. The van der Waals surface area contributed by atoms with Crippen LogP contribution in [0, 0.1) is 11.2 Å². The zero-order valence-corrected chi connectivity index (χ0v) is 12.7. The minimum Gasteiger partial charge on any atom is -0.343 e. The van der Waals surface area contributed by atoms with E-state index in [9.17, 15) is 9.18 Å². The van der Waals surface area contributed by atoms with Crippen molar-refractivity contribution in [1.29, 1.82) is 0 Å². The number of hydrogen-bond acceptors (Lipinski definition) is 1. The fraction of sp³-hybridized carbons (Fsp3) is 0.429. The molecule has 0 radical (unpaired) electrons. The maximum atomic E-state index is 13.7. The van der Waals surface area contributed by atoms with E-state index in [0.717, 1.165) is 0 Å². The molecule has 0 saturated heterocycles. The van der Waals surface area contributed by atoms with Gasteiger partial charge in [-0.3, -0.25) is 4.79 Å². The van der Waals surface area contributed by atoms with Gasteiger partial charge in [-0.25, -0.2) is 9.37 Å². The summed E-state index contributed by atoms with van der Waals surface area (Å²) in [6, 6.07) is 2.78. The molecule has 0 spiro atoms. The lowest BCUT2D eigenvalue weighted by Crippen LogP contribution is -2.44. The Hall–Kier alpha value is -1.62. The molecular weight excluding hydrogens is 281 g/mol. The smallest absolute Gasteiger partial charge is 0.343 e. The van der Waals surface area contributed by atoms with Crippen molar-refractivity contribution in [3.63, 3.8) is 0 Å². The maximum Gasteiger partial charge on any atom is 0.352 e. The van der Waals surface area contributed by atoms with Gasteiger partial charge < -0.3 is 5.32 Å². The standard InChI is InChI=1S/C14H17ClFN3O/c1-8(14(2,3)4)17-13(20)12-18-11(15)10-9(16)6-5-7-19(10)12/h5-8H,1-4H3,(H,17,20)/p+1. The van der Waals surface area contributed by atoms with Crippen LogP contribution >= 0.6 is 11.6 Å². The number of halogens is 2. The SMILES string of the molecule is CC(NC(=O)c1[nH]c(Cl)c2c(F)ccc[n+]12)C(C)(C)C. The second-order valence-corrected chi connectivity index (χ2v) is 6.30. The number of amides is 1. The van der Waals surface area contributed by atoms with Gasteiger partial charge in [-0.1, -0.05) is 20.8 Å². The predicted octanol–water partition coefficient (Wildman–Crippen LogP) is 2.71. The topological polar surface area (TPSA) is 49.0 Å². The van der Waals surface area contributed by atoms with Crippen LogP contribution in [0.5, 0.6) is 0 Å². The molecule has 1 amide bonds. The van der Waals surface area contributed by atoms with Crippen LogP contribution in [0.1, 0.15) is 38.3 Å². The Balaban J connectivity index is 2.39.